The fourth-order valence-corrected chi connectivity index (χ4v) is 2.06. The van der Waals surface area contributed by atoms with Crippen molar-refractivity contribution in [3.8, 4) is 0 Å². The lowest BCUT2D eigenvalue weighted by Gasteiger charge is -2.12. The normalized spacial score (nSPS) is 10.5. The number of nitrogens with zero attached hydrogens (tertiary/aromatic N) is 3. The van der Waals surface area contributed by atoms with Gasteiger partial charge in [-0.2, -0.15) is 4.98 Å². The zero-order valence-corrected chi connectivity index (χ0v) is 14.5. The first kappa shape index (κ1) is 17.7. The highest BCUT2D eigenvalue weighted by molar-refractivity contribution is 5.89. The van der Waals surface area contributed by atoms with Crippen LogP contribution in [0.3, 0.4) is 0 Å². The summed E-state index contributed by atoms with van der Waals surface area (Å²) in [7, 11) is 5.41. The van der Waals surface area contributed by atoms with Crippen LogP contribution in [0.25, 0.3) is 0 Å². The van der Waals surface area contributed by atoms with Gasteiger partial charge in [0, 0.05) is 30.5 Å². The predicted molar refractivity (Wildman–Crippen MR) is 94.9 cm³/mol. The molecule has 1 aromatic heterocycles. The first-order valence-electron chi connectivity index (χ1n) is 7.67. The van der Waals surface area contributed by atoms with Crippen molar-refractivity contribution in [2.45, 2.75) is 6.92 Å². The summed E-state index contributed by atoms with van der Waals surface area (Å²) in [4.78, 5) is 22.4. The Bertz CT molecular complexity index is 686. The van der Waals surface area contributed by atoms with E-state index in [0.717, 1.165) is 30.3 Å². The average Bonchev–Trinajstić information content (AvgIpc) is 2.54. The van der Waals surface area contributed by atoms with Crippen LogP contribution in [-0.4, -0.2) is 55.1 Å². The van der Waals surface area contributed by atoms with Crippen molar-refractivity contribution in [3.05, 3.63) is 41.6 Å². The van der Waals surface area contributed by atoms with E-state index in [-0.39, 0.29) is 5.97 Å². The number of nitrogens with one attached hydrogen (secondary N) is 2. The van der Waals surface area contributed by atoms with Gasteiger partial charge >= 0.3 is 5.97 Å². The molecule has 7 heteroatoms. The van der Waals surface area contributed by atoms with Crippen molar-refractivity contribution in [1.29, 1.82) is 0 Å². The molecule has 1 aromatic carbocycles. The third-order valence-electron chi connectivity index (χ3n) is 3.28. The summed E-state index contributed by atoms with van der Waals surface area (Å²) >= 11 is 0. The molecule has 0 radical (unpaired) electrons. The number of carbonyl (C=O) groups is 1. The average molecular weight is 329 g/mol. The third kappa shape index (κ3) is 5.20. The molecule has 0 aliphatic carbocycles. The second-order valence-electron chi connectivity index (χ2n) is 5.64. The Morgan fingerprint density at radius 2 is 1.92 bits per heavy atom. The Morgan fingerprint density at radius 3 is 2.54 bits per heavy atom. The van der Waals surface area contributed by atoms with E-state index in [1.165, 1.54) is 7.11 Å². The van der Waals surface area contributed by atoms with E-state index < -0.39 is 0 Å². The summed E-state index contributed by atoms with van der Waals surface area (Å²) in [5.74, 6) is 0.923. The number of aryl methyl sites for hydroxylation is 1. The minimum Gasteiger partial charge on any atom is -0.465 e. The molecule has 0 unspecified atom stereocenters. The van der Waals surface area contributed by atoms with Gasteiger partial charge in [0.15, 0.2) is 0 Å². The maximum Gasteiger partial charge on any atom is 0.337 e. The quantitative estimate of drug-likeness (QED) is 0.754. The minimum atomic E-state index is -0.360. The standard InChI is InChI=1S/C17H23N5O2/c1-12-11-15(18-9-10-22(2)3)21-17(19-12)20-14-7-5-13(6-8-14)16(23)24-4/h5-8,11H,9-10H2,1-4H3,(H2,18,19,20,21). The van der Waals surface area contributed by atoms with Crippen LogP contribution >= 0.6 is 0 Å². The molecule has 0 amide bonds. The Hall–Kier alpha value is -2.67. The Morgan fingerprint density at radius 1 is 1.21 bits per heavy atom. The summed E-state index contributed by atoms with van der Waals surface area (Å²) < 4.78 is 4.68. The highest BCUT2D eigenvalue weighted by atomic mass is 16.5. The molecule has 2 N–H and O–H groups in total. The molecule has 7 nitrogen and oxygen atoms in total. The number of rotatable bonds is 7. The minimum absolute atomic E-state index is 0.360. The Kier molecular flexibility index (Phi) is 6.08. The predicted octanol–water partition coefficient (Wildman–Crippen LogP) is 2.29. The number of hydrogen-bond donors (Lipinski definition) is 2. The fraction of sp³-hybridized carbons (Fsp3) is 0.353. The van der Waals surface area contributed by atoms with Crippen molar-refractivity contribution in [3.63, 3.8) is 0 Å². The molecule has 2 aromatic rings. The summed E-state index contributed by atoms with van der Waals surface area (Å²) in [6, 6.07) is 8.87. The molecular weight excluding hydrogens is 306 g/mol. The highest BCUT2D eigenvalue weighted by Crippen LogP contribution is 2.17. The monoisotopic (exact) mass is 329 g/mol. The second-order valence-corrected chi connectivity index (χ2v) is 5.64. The van der Waals surface area contributed by atoms with Crippen LogP contribution in [0.2, 0.25) is 0 Å². The van der Waals surface area contributed by atoms with Crippen LogP contribution in [0.4, 0.5) is 17.5 Å². The van der Waals surface area contributed by atoms with Gasteiger partial charge in [0.1, 0.15) is 5.82 Å². The van der Waals surface area contributed by atoms with Gasteiger partial charge in [0.05, 0.1) is 12.7 Å². The van der Waals surface area contributed by atoms with E-state index in [2.05, 4.69) is 30.2 Å². The molecule has 0 aliphatic rings. The van der Waals surface area contributed by atoms with E-state index in [1.54, 1.807) is 24.3 Å². The zero-order valence-electron chi connectivity index (χ0n) is 14.5. The van der Waals surface area contributed by atoms with E-state index in [1.807, 2.05) is 27.1 Å². The molecule has 128 valence electrons. The number of esters is 1. The number of hydrogen-bond acceptors (Lipinski definition) is 7. The first-order chi connectivity index (χ1) is 11.5. The lowest BCUT2D eigenvalue weighted by Crippen LogP contribution is -2.21. The first-order valence-corrected chi connectivity index (χ1v) is 7.67. The smallest absolute Gasteiger partial charge is 0.337 e. The van der Waals surface area contributed by atoms with Crippen molar-refractivity contribution in [2.75, 3.05) is 44.9 Å². The SMILES string of the molecule is COC(=O)c1ccc(Nc2nc(C)cc(NCCN(C)C)n2)cc1. The second kappa shape index (κ2) is 8.26. The van der Waals surface area contributed by atoms with Crippen molar-refractivity contribution < 1.29 is 9.53 Å². The fourth-order valence-electron chi connectivity index (χ4n) is 2.06. The number of benzene rings is 1. The van der Waals surface area contributed by atoms with Crippen LogP contribution in [0.1, 0.15) is 16.1 Å². The molecule has 1 heterocycles. The van der Waals surface area contributed by atoms with Gasteiger partial charge in [0.25, 0.3) is 0 Å². The summed E-state index contributed by atoms with van der Waals surface area (Å²) in [6.07, 6.45) is 0. The van der Waals surface area contributed by atoms with Gasteiger partial charge in [-0.05, 0) is 45.3 Å². The third-order valence-corrected chi connectivity index (χ3v) is 3.28. The largest absolute Gasteiger partial charge is 0.465 e. The number of likely N-dealkylation sites (N-methyl/N-ethyl adjacent to an activating group) is 1. The molecule has 0 fully saturated rings. The van der Waals surface area contributed by atoms with E-state index in [0.29, 0.717) is 11.5 Å². The van der Waals surface area contributed by atoms with Gasteiger partial charge < -0.3 is 20.3 Å². The molecule has 0 atom stereocenters. The molecule has 0 spiro atoms. The number of carbonyl (C=O) groups excluding carboxylic acids is 1. The summed E-state index contributed by atoms with van der Waals surface area (Å²) in [5.41, 5.74) is 2.16. The van der Waals surface area contributed by atoms with E-state index in [4.69, 9.17) is 0 Å². The molecule has 24 heavy (non-hydrogen) atoms. The molecule has 0 bridgehead atoms. The van der Waals surface area contributed by atoms with Crippen molar-refractivity contribution in [1.82, 2.24) is 14.9 Å². The van der Waals surface area contributed by atoms with Crippen molar-refractivity contribution >= 4 is 23.4 Å². The van der Waals surface area contributed by atoms with Crippen LogP contribution in [0, 0.1) is 6.92 Å². The maximum atomic E-state index is 11.4. The van der Waals surface area contributed by atoms with Gasteiger partial charge in [-0.3, -0.25) is 0 Å². The summed E-state index contributed by atoms with van der Waals surface area (Å²) in [5, 5.41) is 6.42. The molecule has 0 saturated heterocycles. The van der Waals surface area contributed by atoms with Crippen LogP contribution in [0.15, 0.2) is 30.3 Å². The Balaban J connectivity index is 2.06. The number of aromatic nitrogens is 2. The van der Waals surface area contributed by atoms with Gasteiger partial charge in [-0.15, -0.1) is 0 Å². The molecule has 0 aliphatic heterocycles. The number of anilines is 3. The van der Waals surface area contributed by atoms with Crippen LogP contribution in [0.5, 0.6) is 0 Å². The highest BCUT2D eigenvalue weighted by Gasteiger charge is 2.06. The van der Waals surface area contributed by atoms with Crippen molar-refractivity contribution in [2.24, 2.45) is 0 Å². The van der Waals surface area contributed by atoms with Crippen LogP contribution in [-0.2, 0) is 4.74 Å². The number of ether oxygens (including phenoxy) is 1. The molecule has 2 rings (SSSR count). The lowest BCUT2D eigenvalue weighted by atomic mass is 10.2. The summed E-state index contributed by atoms with van der Waals surface area (Å²) in [6.45, 7) is 3.64. The lowest BCUT2D eigenvalue weighted by molar-refractivity contribution is 0.0601. The topological polar surface area (TPSA) is 79.4 Å². The molecular formula is C17H23N5O2. The van der Waals surface area contributed by atoms with Gasteiger partial charge in [-0.1, -0.05) is 0 Å². The number of methoxy groups -OCH3 is 1. The Labute approximate surface area is 142 Å². The zero-order chi connectivity index (χ0) is 17.5. The van der Waals surface area contributed by atoms with Gasteiger partial charge in [-0.25, -0.2) is 9.78 Å². The van der Waals surface area contributed by atoms with Gasteiger partial charge in [0.2, 0.25) is 5.95 Å². The van der Waals surface area contributed by atoms with Crippen LogP contribution < -0.4 is 10.6 Å². The van der Waals surface area contributed by atoms with E-state index in [9.17, 15) is 4.79 Å². The van der Waals surface area contributed by atoms with E-state index >= 15 is 0 Å². The maximum absolute atomic E-state index is 11.4. The molecule has 0 saturated carbocycles.